The molecule has 3 N–H and O–H groups in total. The summed E-state index contributed by atoms with van der Waals surface area (Å²) in [6.45, 7) is -0.0248. The van der Waals surface area contributed by atoms with E-state index in [9.17, 15) is 14.3 Å². The third-order valence-electron chi connectivity index (χ3n) is 2.25. The molecule has 5 heteroatoms. The molecular weight excluding hydrogens is 211 g/mol. The fourth-order valence-electron chi connectivity index (χ4n) is 1.32. The zero-order valence-electron chi connectivity index (χ0n) is 9.06. The second-order valence-electron chi connectivity index (χ2n) is 3.54. The lowest BCUT2D eigenvalue weighted by molar-refractivity contribution is -0.138. The largest absolute Gasteiger partial charge is 0.382 e. The van der Waals surface area contributed by atoms with Crippen LogP contribution in [0.25, 0.3) is 0 Å². The average Bonchev–Trinajstić information content (AvgIpc) is 2.30. The van der Waals surface area contributed by atoms with Crippen LogP contribution in [0.15, 0.2) is 24.3 Å². The van der Waals surface area contributed by atoms with Crippen LogP contribution in [0.2, 0.25) is 0 Å². The molecule has 1 unspecified atom stereocenters. The summed E-state index contributed by atoms with van der Waals surface area (Å²) in [6, 6.07) is 6.19. The van der Waals surface area contributed by atoms with E-state index >= 15 is 0 Å². The van der Waals surface area contributed by atoms with Crippen molar-refractivity contribution in [1.29, 1.82) is 0 Å². The summed E-state index contributed by atoms with van der Waals surface area (Å²) in [6.07, 6.45) is -1.23. The van der Waals surface area contributed by atoms with Gasteiger partial charge >= 0.3 is 0 Å². The highest BCUT2D eigenvalue weighted by Gasteiger charge is 2.18. The zero-order valence-corrected chi connectivity index (χ0v) is 9.06. The number of benzene rings is 1. The Labute approximate surface area is 93.5 Å². The minimum atomic E-state index is -1.23. The number of nitrogens with zero attached hydrogens (tertiary/aromatic N) is 1. The minimum absolute atomic E-state index is 0.114. The van der Waals surface area contributed by atoms with Crippen LogP contribution in [0.3, 0.4) is 0 Å². The molecule has 0 aliphatic carbocycles. The van der Waals surface area contributed by atoms with Crippen LogP contribution in [0.4, 0.5) is 4.39 Å². The van der Waals surface area contributed by atoms with Gasteiger partial charge in [-0.2, -0.15) is 0 Å². The highest BCUT2D eigenvalue weighted by Crippen LogP contribution is 2.09. The van der Waals surface area contributed by atoms with Crippen LogP contribution in [-0.4, -0.2) is 35.6 Å². The van der Waals surface area contributed by atoms with Gasteiger partial charge in [0.1, 0.15) is 11.9 Å². The summed E-state index contributed by atoms with van der Waals surface area (Å²) in [5.74, 6) is -0.879. The van der Waals surface area contributed by atoms with E-state index in [2.05, 4.69) is 0 Å². The quantitative estimate of drug-likeness (QED) is 0.765. The Morgan fingerprint density at radius 3 is 2.75 bits per heavy atom. The molecule has 1 amide bonds. The fourth-order valence-corrected chi connectivity index (χ4v) is 1.32. The molecule has 88 valence electrons. The SMILES string of the molecule is CN(Cc1ccccc1F)C(=O)C(O)CN. The number of likely N-dealkylation sites (N-methyl/N-ethyl adjacent to an activating group) is 1. The monoisotopic (exact) mass is 226 g/mol. The fraction of sp³-hybridized carbons (Fsp3) is 0.364. The number of nitrogens with two attached hydrogens (primary N) is 1. The first kappa shape index (κ1) is 12.6. The van der Waals surface area contributed by atoms with E-state index in [1.807, 2.05) is 0 Å². The summed E-state index contributed by atoms with van der Waals surface area (Å²) in [5.41, 5.74) is 5.57. The number of amides is 1. The molecule has 0 aliphatic rings. The Morgan fingerprint density at radius 1 is 1.56 bits per heavy atom. The van der Waals surface area contributed by atoms with Crippen molar-refractivity contribution in [2.75, 3.05) is 13.6 Å². The van der Waals surface area contributed by atoms with Gasteiger partial charge in [0.25, 0.3) is 5.91 Å². The summed E-state index contributed by atoms with van der Waals surface area (Å²) in [7, 11) is 1.49. The van der Waals surface area contributed by atoms with Crippen molar-refractivity contribution >= 4 is 5.91 Å². The second kappa shape index (κ2) is 5.58. The van der Waals surface area contributed by atoms with Crippen molar-refractivity contribution in [3.8, 4) is 0 Å². The van der Waals surface area contributed by atoms with Crippen molar-refractivity contribution in [2.24, 2.45) is 5.73 Å². The van der Waals surface area contributed by atoms with Crippen LogP contribution in [0.5, 0.6) is 0 Å². The van der Waals surface area contributed by atoms with E-state index in [4.69, 9.17) is 5.73 Å². The first-order chi connectivity index (χ1) is 7.56. The third kappa shape index (κ3) is 3.01. The van der Waals surface area contributed by atoms with Crippen molar-refractivity contribution < 1.29 is 14.3 Å². The molecule has 0 spiro atoms. The molecule has 0 saturated heterocycles. The minimum Gasteiger partial charge on any atom is -0.382 e. The maximum atomic E-state index is 13.3. The van der Waals surface area contributed by atoms with Gasteiger partial charge in [-0.3, -0.25) is 4.79 Å². The highest BCUT2D eigenvalue weighted by molar-refractivity contribution is 5.80. The summed E-state index contributed by atoms with van der Waals surface area (Å²) in [5, 5.41) is 9.23. The number of aliphatic hydroxyl groups is 1. The van der Waals surface area contributed by atoms with Gasteiger partial charge < -0.3 is 15.7 Å². The maximum Gasteiger partial charge on any atom is 0.252 e. The highest BCUT2D eigenvalue weighted by atomic mass is 19.1. The molecule has 0 saturated carbocycles. The van der Waals surface area contributed by atoms with Gasteiger partial charge in [-0.15, -0.1) is 0 Å². The number of carbonyl (C=O) groups excluding carboxylic acids is 1. The standard InChI is InChI=1S/C11H15FN2O2/c1-14(11(16)10(15)6-13)7-8-4-2-3-5-9(8)12/h2-5,10,15H,6-7,13H2,1H3. The predicted molar refractivity (Wildman–Crippen MR) is 57.9 cm³/mol. The van der Waals surface area contributed by atoms with Gasteiger partial charge in [0.15, 0.2) is 0 Å². The molecule has 0 heterocycles. The van der Waals surface area contributed by atoms with Gasteiger partial charge in [0, 0.05) is 25.7 Å². The van der Waals surface area contributed by atoms with Gasteiger partial charge in [-0.05, 0) is 6.07 Å². The molecular formula is C11H15FN2O2. The number of carbonyl (C=O) groups is 1. The first-order valence-corrected chi connectivity index (χ1v) is 4.92. The molecule has 0 bridgehead atoms. The summed E-state index contributed by atoms with van der Waals surface area (Å²) in [4.78, 5) is 12.7. The maximum absolute atomic E-state index is 13.3. The second-order valence-corrected chi connectivity index (χ2v) is 3.54. The zero-order chi connectivity index (χ0) is 12.1. The van der Waals surface area contributed by atoms with Crippen LogP contribution in [-0.2, 0) is 11.3 Å². The number of hydrogen-bond acceptors (Lipinski definition) is 3. The molecule has 0 fully saturated rings. The predicted octanol–water partition coefficient (Wildman–Crippen LogP) is 0.104. The molecule has 1 rings (SSSR count). The molecule has 4 nitrogen and oxygen atoms in total. The first-order valence-electron chi connectivity index (χ1n) is 4.92. The molecule has 1 aromatic rings. The molecule has 16 heavy (non-hydrogen) atoms. The lowest BCUT2D eigenvalue weighted by atomic mass is 10.2. The van der Waals surface area contributed by atoms with E-state index in [-0.39, 0.29) is 18.9 Å². The smallest absolute Gasteiger partial charge is 0.252 e. The van der Waals surface area contributed by atoms with E-state index in [0.29, 0.717) is 5.56 Å². The Hall–Kier alpha value is -1.46. The van der Waals surface area contributed by atoms with Crippen LogP contribution in [0, 0.1) is 5.82 Å². The Morgan fingerprint density at radius 2 is 2.19 bits per heavy atom. The van der Waals surface area contributed by atoms with E-state index in [1.54, 1.807) is 18.2 Å². The Bertz CT molecular complexity index is 371. The van der Waals surface area contributed by atoms with Crippen molar-refractivity contribution in [2.45, 2.75) is 12.6 Å². The van der Waals surface area contributed by atoms with Gasteiger partial charge in [0.2, 0.25) is 0 Å². The number of rotatable bonds is 4. The van der Waals surface area contributed by atoms with Gasteiger partial charge in [-0.25, -0.2) is 4.39 Å². The molecule has 1 atom stereocenters. The van der Waals surface area contributed by atoms with Crippen molar-refractivity contribution in [3.05, 3.63) is 35.6 Å². The third-order valence-corrected chi connectivity index (χ3v) is 2.25. The normalized spacial score (nSPS) is 12.2. The van der Waals surface area contributed by atoms with E-state index in [1.165, 1.54) is 18.0 Å². The number of hydrogen-bond donors (Lipinski definition) is 2. The Balaban J connectivity index is 2.68. The topological polar surface area (TPSA) is 66.6 Å². The van der Waals surface area contributed by atoms with Crippen LogP contribution >= 0.6 is 0 Å². The Kier molecular flexibility index (Phi) is 4.39. The number of halogens is 1. The van der Waals surface area contributed by atoms with Gasteiger partial charge in [-0.1, -0.05) is 18.2 Å². The van der Waals surface area contributed by atoms with Crippen LogP contribution in [0.1, 0.15) is 5.56 Å². The number of aliphatic hydroxyl groups excluding tert-OH is 1. The summed E-state index contributed by atoms with van der Waals surface area (Å²) < 4.78 is 13.3. The lowest BCUT2D eigenvalue weighted by Crippen LogP contribution is -2.40. The average molecular weight is 226 g/mol. The van der Waals surface area contributed by atoms with Crippen molar-refractivity contribution in [3.63, 3.8) is 0 Å². The lowest BCUT2D eigenvalue weighted by Gasteiger charge is -2.20. The van der Waals surface area contributed by atoms with Gasteiger partial charge in [0.05, 0.1) is 0 Å². The van der Waals surface area contributed by atoms with E-state index in [0.717, 1.165) is 0 Å². The molecule has 0 aromatic heterocycles. The molecule has 1 aromatic carbocycles. The van der Waals surface area contributed by atoms with E-state index < -0.39 is 12.0 Å². The molecule has 0 aliphatic heterocycles. The molecule has 0 radical (unpaired) electrons. The van der Waals surface area contributed by atoms with Crippen molar-refractivity contribution in [1.82, 2.24) is 4.90 Å². The van der Waals surface area contributed by atoms with Crippen LogP contribution < -0.4 is 5.73 Å². The summed E-state index contributed by atoms with van der Waals surface area (Å²) >= 11 is 0.